The lowest BCUT2D eigenvalue weighted by Crippen LogP contribution is -2.42. The minimum Gasteiger partial charge on any atom is -0.493 e. The molecule has 0 aromatic heterocycles. The summed E-state index contributed by atoms with van der Waals surface area (Å²) < 4.78 is 17.7. The summed E-state index contributed by atoms with van der Waals surface area (Å²) in [4.78, 5) is 17.6. The van der Waals surface area contributed by atoms with Gasteiger partial charge in [-0.25, -0.2) is 0 Å². The van der Waals surface area contributed by atoms with Crippen molar-refractivity contribution in [1.29, 1.82) is 0 Å². The van der Waals surface area contributed by atoms with E-state index in [1.54, 1.807) is 4.90 Å². The predicted octanol–water partition coefficient (Wildman–Crippen LogP) is 2.94. The molecule has 2 saturated heterocycles. The zero-order chi connectivity index (χ0) is 20.4. The van der Waals surface area contributed by atoms with E-state index >= 15 is 0 Å². The lowest BCUT2D eigenvalue weighted by molar-refractivity contribution is -0.122. The van der Waals surface area contributed by atoms with Crippen molar-refractivity contribution in [3.8, 4) is 11.5 Å². The van der Waals surface area contributed by atoms with Gasteiger partial charge in [-0.05, 0) is 32.1 Å². The number of amides is 1. The van der Waals surface area contributed by atoms with Crippen LogP contribution in [0, 0.1) is 0 Å². The van der Waals surface area contributed by atoms with Gasteiger partial charge >= 0.3 is 0 Å². The van der Waals surface area contributed by atoms with Crippen molar-refractivity contribution in [2.24, 2.45) is 0 Å². The highest BCUT2D eigenvalue weighted by molar-refractivity contribution is 8.26. The molecule has 156 valence electrons. The highest BCUT2D eigenvalue weighted by atomic mass is 32.2. The van der Waals surface area contributed by atoms with Gasteiger partial charge in [0.05, 0.1) is 24.7 Å². The van der Waals surface area contributed by atoms with Crippen molar-refractivity contribution in [3.05, 3.63) is 28.2 Å². The van der Waals surface area contributed by atoms with Gasteiger partial charge in [-0.2, -0.15) is 0 Å². The molecular weight excluding hydrogens is 408 g/mol. The van der Waals surface area contributed by atoms with E-state index in [0.717, 1.165) is 61.9 Å². The minimum atomic E-state index is -0.0366. The van der Waals surface area contributed by atoms with Crippen LogP contribution in [0.15, 0.2) is 17.0 Å². The van der Waals surface area contributed by atoms with Crippen LogP contribution in [0.2, 0.25) is 0 Å². The van der Waals surface area contributed by atoms with Crippen LogP contribution in [-0.2, 0) is 16.0 Å². The third kappa shape index (κ3) is 4.60. The molecule has 1 amide bonds. The zero-order valence-corrected chi connectivity index (χ0v) is 18.4. The van der Waals surface area contributed by atoms with Crippen LogP contribution in [-0.4, -0.2) is 72.1 Å². The first-order valence-corrected chi connectivity index (χ1v) is 11.3. The second-order valence-corrected chi connectivity index (χ2v) is 9.03. The Hall–Kier alpha value is -1.61. The Morgan fingerprint density at radius 3 is 2.86 bits per heavy atom. The number of carbonyl (C=O) groups excluding carboxylic acids is 1. The standard InChI is InChI=1S/C21H26N2O4S2/c1-3-26-17-11-15-10-14(2)27-18(15)12-16(17)13-19-20(24)23(21(28)29-19)5-4-22-6-8-25-9-7-22/h11-14H,3-10H2,1-2H3. The monoisotopic (exact) mass is 434 g/mol. The van der Waals surface area contributed by atoms with Gasteiger partial charge in [0.1, 0.15) is 21.9 Å². The predicted molar refractivity (Wildman–Crippen MR) is 119 cm³/mol. The first kappa shape index (κ1) is 20.7. The van der Waals surface area contributed by atoms with Gasteiger partial charge in [-0.15, -0.1) is 0 Å². The molecule has 1 aromatic carbocycles. The second kappa shape index (κ2) is 9.04. The van der Waals surface area contributed by atoms with Crippen LogP contribution in [0.3, 0.4) is 0 Å². The summed E-state index contributed by atoms with van der Waals surface area (Å²) in [6.45, 7) is 9.28. The molecule has 0 radical (unpaired) electrons. The fourth-order valence-electron chi connectivity index (χ4n) is 3.75. The molecule has 4 rings (SSSR count). The van der Waals surface area contributed by atoms with E-state index in [9.17, 15) is 4.79 Å². The molecule has 3 aliphatic heterocycles. The Kier molecular flexibility index (Phi) is 6.44. The highest BCUT2D eigenvalue weighted by Gasteiger charge is 2.32. The fourth-order valence-corrected chi connectivity index (χ4v) is 5.05. The molecular formula is C21H26N2O4S2. The fraction of sp³-hybridized carbons (Fsp3) is 0.524. The van der Waals surface area contributed by atoms with Gasteiger partial charge in [0.25, 0.3) is 5.91 Å². The quantitative estimate of drug-likeness (QED) is 0.504. The summed E-state index contributed by atoms with van der Waals surface area (Å²) in [7, 11) is 0. The van der Waals surface area contributed by atoms with E-state index in [-0.39, 0.29) is 12.0 Å². The number of hydrogen-bond acceptors (Lipinski definition) is 7. The van der Waals surface area contributed by atoms with Crippen LogP contribution < -0.4 is 9.47 Å². The van der Waals surface area contributed by atoms with Crippen molar-refractivity contribution < 1.29 is 19.0 Å². The second-order valence-electron chi connectivity index (χ2n) is 7.35. The first-order valence-electron chi connectivity index (χ1n) is 10.1. The van der Waals surface area contributed by atoms with Crippen LogP contribution in [0.25, 0.3) is 6.08 Å². The molecule has 8 heteroatoms. The summed E-state index contributed by atoms with van der Waals surface area (Å²) in [5.74, 6) is 1.61. The van der Waals surface area contributed by atoms with Crippen molar-refractivity contribution in [2.75, 3.05) is 46.0 Å². The molecule has 0 aliphatic carbocycles. The lowest BCUT2D eigenvalue weighted by Gasteiger charge is -2.28. The largest absolute Gasteiger partial charge is 0.493 e. The van der Waals surface area contributed by atoms with Gasteiger partial charge in [0, 0.05) is 43.7 Å². The molecule has 0 N–H and O–H groups in total. The Morgan fingerprint density at radius 2 is 2.10 bits per heavy atom. The summed E-state index contributed by atoms with van der Waals surface area (Å²) in [5.41, 5.74) is 2.00. The normalized spacial score (nSPS) is 23.6. The molecule has 29 heavy (non-hydrogen) atoms. The van der Waals surface area contributed by atoms with E-state index in [4.69, 9.17) is 26.4 Å². The maximum absolute atomic E-state index is 13.0. The number of ether oxygens (including phenoxy) is 3. The summed E-state index contributed by atoms with van der Waals surface area (Å²) >= 11 is 6.84. The van der Waals surface area contributed by atoms with Gasteiger partial charge < -0.3 is 14.2 Å². The SMILES string of the molecule is CCOc1cc2c(cc1C=C1SC(=S)N(CCN3CCOCC3)C1=O)OC(C)C2. The third-order valence-electron chi connectivity index (χ3n) is 5.23. The average molecular weight is 435 g/mol. The summed E-state index contributed by atoms with van der Waals surface area (Å²) in [6.07, 6.45) is 2.92. The number of nitrogens with zero attached hydrogens (tertiary/aromatic N) is 2. The number of thioether (sulfide) groups is 1. The molecule has 2 fully saturated rings. The molecule has 6 nitrogen and oxygen atoms in total. The lowest BCUT2D eigenvalue weighted by atomic mass is 10.1. The van der Waals surface area contributed by atoms with Crippen LogP contribution in [0.5, 0.6) is 11.5 Å². The van der Waals surface area contributed by atoms with Crippen LogP contribution in [0.1, 0.15) is 25.0 Å². The van der Waals surface area contributed by atoms with Crippen molar-refractivity contribution in [2.45, 2.75) is 26.4 Å². The van der Waals surface area contributed by atoms with Crippen molar-refractivity contribution in [3.63, 3.8) is 0 Å². The number of thiocarbonyl (C=S) groups is 1. The molecule has 3 heterocycles. The minimum absolute atomic E-state index is 0.0366. The first-order chi connectivity index (χ1) is 14.0. The van der Waals surface area contributed by atoms with Crippen LogP contribution >= 0.6 is 24.0 Å². The highest BCUT2D eigenvalue weighted by Crippen LogP contribution is 2.39. The van der Waals surface area contributed by atoms with Gasteiger partial charge in [0.2, 0.25) is 0 Å². The van der Waals surface area contributed by atoms with Crippen molar-refractivity contribution in [1.82, 2.24) is 9.80 Å². The van der Waals surface area contributed by atoms with Gasteiger partial charge in [0.15, 0.2) is 0 Å². The maximum atomic E-state index is 13.0. The number of rotatable bonds is 6. The molecule has 0 bridgehead atoms. The van der Waals surface area contributed by atoms with E-state index in [0.29, 0.717) is 22.4 Å². The zero-order valence-electron chi connectivity index (χ0n) is 16.8. The molecule has 3 aliphatic rings. The Balaban J connectivity index is 1.51. The third-order valence-corrected chi connectivity index (χ3v) is 6.61. The number of morpholine rings is 1. The van der Waals surface area contributed by atoms with E-state index in [1.807, 2.05) is 25.1 Å². The molecule has 1 aromatic rings. The number of benzene rings is 1. The van der Waals surface area contributed by atoms with Gasteiger partial charge in [-0.1, -0.05) is 24.0 Å². The van der Waals surface area contributed by atoms with Gasteiger partial charge in [-0.3, -0.25) is 14.6 Å². The topological polar surface area (TPSA) is 51.2 Å². The van der Waals surface area contributed by atoms with E-state index in [2.05, 4.69) is 11.8 Å². The average Bonchev–Trinajstić information content (AvgIpc) is 3.19. The maximum Gasteiger partial charge on any atom is 0.266 e. The Morgan fingerprint density at radius 1 is 1.31 bits per heavy atom. The number of carbonyl (C=O) groups is 1. The Labute approximate surface area is 181 Å². The van der Waals surface area contributed by atoms with Crippen LogP contribution in [0.4, 0.5) is 0 Å². The molecule has 0 saturated carbocycles. The van der Waals surface area contributed by atoms with E-state index < -0.39 is 0 Å². The van der Waals surface area contributed by atoms with Crippen molar-refractivity contribution >= 4 is 40.3 Å². The molecule has 1 atom stereocenters. The molecule has 1 unspecified atom stereocenters. The Bertz CT molecular complexity index is 836. The summed E-state index contributed by atoms with van der Waals surface area (Å²) in [5, 5.41) is 0. The summed E-state index contributed by atoms with van der Waals surface area (Å²) in [6, 6.07) is 4.01. The van der Waals surface area contributed by atoms with E-state index in [1.165, 1.54) is 11.8 Å². The smallest absolute Gasteiger partial charge is 0.266 e. The number of hydrogen-bond donors (Lipinski definition) is 0. The number of fused-ring (bicyclic) bond motifs is 1. The molecule has 0 spiro atoms.